The molecule has 0 spiro atoms. The maximum Gasteiger partial charge on any atom is 0.160 e. The number of hydrogen-bond donors (Lipinski definition) is 0. The Morgan fingerprint density at radius 1 is 0.971 bits per heavy atom. The van der Waals surface area contributed by atoms with Crippen molar-refractivity contribution in [2.75, 3.05) is 39.3 Å². The molecule has 5 nitrogen and oxygen atoms in total. The summed E-state index contributed by atoms with van der Waals surface area (Å²) in [6.07, 6.45) is 9.86. The molecule has 2 fully saturated rings. The van der Waals surface area contributed by atoms with Crippen LogP contribution in [0.3, 0.4) is 0 Å². The zero-order chi connectivity index (χ0) is 23.5. The lowest BCUT2D eigenvalue weighted by Crippen LogP contribution is -2.48. The molecule has 0 radical (unpaired) electrons. The minimum Gasteiger partial charge on any atom is -0.308 e. The SMILES string of the molecule is CCc1nc2c(C)cc(C)nc2n1Cc1ccc(C=CCN2CCN(CC3CCC3)CC2)cc1. The summed E-state index contributed by atoms with van der Waals surface area (Å²) >= 11 is 0. The highest BCUT2D eigenvalue weighted by Crippen LogP contribution is 2.27. The van der Waals surface area contributed by atoms with E-state index in [1.54, 1.807) is 0 Å². The number of rotatable bonds is 8. The monoisotopic (exact) mass is 457 g/mol. The first-order valence-electron chi connectivity index (χ1n) is 13.1. The van der Waals surface area contributed by atoms with Crippen molar-refractivity contribution >= 4 is 17.2 Å². The van der Waals surface area contributed by atoms with E-state index in [1.807, 2.05) is 0 Å². The molecule has 1 saturated carbocycles. The van der Waals surface area contributed by atoms with E-state index in [9.17, 15) is 0 Å². The lowest BCUT2D eigenvalue weighted by molar-refractivity contribution is 0.107. The van der Waals surface area contributed by atoms with Gasteiger partial charge in [0.05, 0.1) is 6.54 Å². The van der Waals surface area contributed by atoms with Gasteiger partial charge in [-0.05, 0) is 55.4 Å². The molecule has 0 atom stereocenters. The van der Waals surface area contributed by atoms with Crippen LogP contribution in [0.2, 0.25) is 0 Å². The van der Waals surface area contributed by atoms with Crippen molar-refractivity contribution in [1.82, 2.24) is 24.3 Å². The second kappa shape index (κ2) is 10.4. The van der Waals surface area contributed by atoms with Crippen LogP contribution in [0.15, 0.2) is 36.4 Å². The summed E-state index contributed by atoms with van der Waals surface area (Å²) in [4.78, 5) is 14.9. The van der Waals surface area contributed by atoms with Gasteiger partial charge in [0.1, 0.15) is 11.3 Å². The summed E-state index contributed by atoms with van der Waals surface area (Å²) in [6.45, 7) is 14.4. The highest BCUT2D eigenvalue weighted by atomic mass is 15.3. The van der Waals surface area contributed by atoms with Gasteiger partial charge < -0.3 is 9.47 Å². The van der Waals surface area contributed by atoms with Gasteiger partial charge in [-0.3, -0.25) is 4.90 Å². The molecule has 0 unspecified atom stereocenters. The maximum atomic E-state index is 4.88. The quantitative estimate of drug-likeness (QED) is 0.472. The smallest absolute Gasteiger partial charge is 0.160 e. The third-order valence-electron chi connectivity index (χ3n) is 7.62. The van der Waals surface area contributed by atoms with Crippen LogP contribution < -0.4 is 0 Å². The van der Waals surface area contributed by atoms with E-state index in [0.717, 1.165) is 48.1 Å². The number of pyridine rings is 1. The first kappa shape index (κ1) is 23.3. The normalized spacial score (nSPS) is 18.2. The number of aromatic nitrogens is 3. The topological polar surface area (TPSA) is 37.2 Å². The van der Waals surface area contributed by atoms with E-state index < -0.39 is 0 Å². The molecule has 3 heterocycles. The molecule has 2 aliphatic rings. The second-order valence-corrected chi connectivity index (χ2v) is 10.3. The van der Waals surface area contributed by atoms with Gasteiger partial charge in [0.2, 0.25) is 0 Å². The van der Waals surface area contributed by atoms with E-state index in [2.05, 4.69) is 77.6 Å². The van der Waals surface area contributed by atoms with Crippen LogP contribution in [-0.4, -0.2) is 63.6 Å². The minimum atomic E-state index is 0.810. The number of benzene rings is 1. The molecule has 5 heteroatoms. The van der Waals surface area contributed by atoms with E-state index in [-0.39, 0.29) is 0 Å². The van der Waals surface area contributed by atoms with E-state index in [0.29, 0.717) is 0 Å². The van der Waals surface area contributed by atoms with Gasteiger partial charge >= 0.3 is 0 Å². The summed E-state index contributed by atoms with van der Waals surface area (Å²) in [6, 6.07) is 11.1. The summed E-state index contributed by atoms with van der Waals surface area (Å²) in [5.74, 6) is 2.09. The van der Waals surface area contributed by atoms with Crippen molar-refractivity contribution in [2.24, 2.45) is 5.92 Å². The molecule has 5 rings (SSSR count). The van der Waals surface area contributed by atoms with Crippen molar-refractivity contribution in [3.05, 3.63) is 64.6 Å². The molecule has 2 aromatic heterocycles. The van der Waals surface area contributed by atoms with Crippen LogP contribution in [-0.2, 0) is 13.0 Å². The molecule has 3 aromatic rings. The van der Waals surface area contributed by atoms with Crippen molar-refractivity contribution < 1.29 is 0 Å². The summed E-state index contributed by atoms with van der Waals surface area (Å²) in [5, 5.41) is 0. The predicted octanol–water partition coefficient (Wildman–Crippen LogP) is 5.09. The van der Waals surface area contributed by atoms with Gasteiger partial charge in [0.25, 0.3) is 0 Å². The molecule has 1 aliphatic heterocycles. The standard InChI is InChI=1S/C29H39N5/c1-4-27-31-28-22(2)19-23(3)30-29(28)34(27)21-26-12-10-24(11-13-26)9-6-14-32-15-17-33(18-16-32)20-25-7-5-8-25/h6,9-13,19,25H,4-5,7-8,14-18,20-21H2,1-3H3. The molecule has 0 bridgehead atoms. The van der Waals surface area contributed by atoms with Crippen LogP contribution in [0.1, 0.15) is 54.4 Å². The molecular formula is C29H39N5. The Bertz CT molecular complexity index is 1130. The van der Waals surface area contributed by atoms with Gasteiger partial charge in [-0.15, -0.1) is 0 Å². The number of piperazine rings is 1. The largest absolute Gasteiger partial charge is 0.308 e. The van der Waals surface area contributed by atoms with Crippen molar-refractivity contribution in [2.45, 2.75) is 53.0 Å². The van der Waals surface area contributed by atoms with Crippen LogP contribution >= 0.6 is 0 Å². The molecule has 1 aliphatic carbocycles. The van der Waals surface area contributed by atoms with Gasteiger partial charge in [-0.25, -0.2) is 9.97 Å². The Labute approximate surface area is 204 Å². The fraction of sp³-hybridized carbons (Fsp3) is 0.517. The number of nitrogens with zero attached hydrogens (tertiary/aromatic N) is 5. The van der Waals surface area contributed by atoms with E-state index in [1.165, 1.54) is 68.7 Å². The third-order valence-corrected chi connectivity index (χ3v) is 7.62. The molecule has 1 aromatic carbocycles. The number of aryl methyl sites for hydroxylation is 3. The van der Waals surface area contributed by atoms with Crippen molar-refractivity contribution in [1.29, 1.82) is 0 Å². The average Bonchev–Trinajstić information content (AvgIpc) is 3.16. The van der Waals surface area contributed by atoms with Gasteiger partial charge in [-0.1, -0.05) is 49.8 Å². The fourth-order valence-corrected chi connectivity index (χ4v) is 5.33. The van der Waals surface area contributed by atoms with Crippen LogP contribution in [0, 0.1) is 19.8 Å². The van der Waals surface area contributed by atoms with Crippen LogP contribution in [0.5, 0.6) is 0 Å². The van der Waals surface area contributed by atoms with Crippen LogP contribution in [0.4, 0.5) is 0 Å². The maximum absolute atomic E-state index is 4.88. The first-order valence-corrected chi connectivity index (χ1v) is 13.1. The number of imidazole rings is 1. The molecular weight excluding hydrogens is 418 g/mol. The highest BCUT2D eigenvalue weighted by Gasteiger charge is 2.23. The summed E-state index contributed by atoms with van der Waals surface area (Å²) in [5.41, 5.74) is 6.85. The average molecular weight is 458 g/mol. The van der Waals surface area contributed by atoms with Gasteiger partial charge in [0.15, 0.2) is 5.65 Å². The molecule has 34 heavy (non-hydrogen) atoms. The molecule has 0 amide bonds. The Morgan fingerprint density at radius 3 is 2.38 bits per heavy atom. The zero-order valence-electron chi connectivity index (χ0n) is 21.1. The van der Waals surface area contributed by atoms with E-state index in [4.69, 9.17) is 9.97 Å². The lowest BCUT2D eigenvalue weighted by Gasteiger charge is -2.38. The van der Waals surface area contributed by atoms with Crippen molar-refractivity contribution in [3.8, 4) is 0 Å². The first-order chi connectivity index (χ1) is 16.6. The molecule has 1 saturated heterocycles. The number of hydrogen-bond acceptors (Lipinski definition) is 4. The summed E-state index contributed by atoms with van der Waals surface area (Å²) < 4.78 is 2.28. The second-order valence-electron chi connectivity index (χ2n) is 10.3. The van der Waals surface area contributed by atoms with Crippen molar-refractivity contribution in [3.63, 3.8) is 0 Å². The van der Waals surface area contributed by atoms with Gasteiger partial charge in [-0.2, -0.15) is 0 Å². The zero-order valence-corrected chi connectivity index (χ0v) is 21.1. The fourth-order valence-electron chi connectivity index (χ4n) is 5.33. The van der Waals surface area contributed by atoms with E-state index >= 15 is 0 Å². The molecule has 0 N–H and O–H groups in total. The summed E-state index contributed by atoms with van der Waals surface area (Å²) in [7, 11) is 0. The van der Waals surface area contributed by atoms with Gasteiger partial charge in [0, 0.05) is 51.4 Å². The number of fused-ring (bicyclic) bond motifs is 1. The highest BCUT2D eigenvalue weighted by molar-refractivity contribution is 5.76. The Kier molecular flexibility index (Phi) is 7.12. The lowest BCUT2D eigenvalue weighted by atomic mass is 9.85. The molecule has 180 valence electrons. The predicted molar refractivity (Wildman–Crippen MR) is 141 cm³/mol. The Hall–Kier alpha value is -2.50. The Balaban J connectivity index is 1.17. The van der Waals surface area contributed by atoms with Crippen LogP contribution in [0.25, 0.3) is 17.2 Å². The minimum absolute atomic E-state index is 0.810. The third kappa shape index (κ3) is 5.26. The Morgan fingerprint density at radius 2 is 1.71 bits per heavy atom.